The molecule has 0 saturated carbocycles. The highest BCUT2D eigenvalue weighted by atomic mass is 79.9. The molecule has 0 aliphatic heterocycles. The van der Waals surface area contributed by atoms with E-state index in [0.717, 1.165) is 0 Å². The molecule has 0 radical (unpaired) electrons. The lowest BCUT2D eigenvalue weighted by Gasteiger charge is -2.34. The van der Waals surface area contributed by atoms with Crippen LogP contribution in [0.3, 0.4) is 0 Å². The van der Waals surface area contributed by atoms with E-state index in [0.29, 0.717) is 0 Å². The van der Waals surface area contributed by atoms with Crippen LogP contribution in [0.4, 0.5) is 0 Å². The van der Waals surface area contributed by atoms with Gasteiger partial charge in [0.05, 0.1) is 19.8 Å². The summed E-state index contributed by atoms with van der Waals surface area (Å²) in [6.07, 6.45) is 0.186. The summed E-state index contributed by atoms with van der Waals surface area (Å²) in [6.45, 7) is 18.4. The highest BCUT2D eigenvalue weighted by molar-refractivity contribution is 9.10. The van der Waals surface area contributed by atoms with Crippen LogP contribution in [-0.4, -0.2) is 120 Å². The molecule has 0 bridgehead atoms. The molecule has 0 amide bonds. The van der Waals surface area contributed by atoms with Crippen molar-refractivity contribution in [1.29, 1.82) is 0 Å². The van der Waals surface area contributed by atoms with Crippen LogP contribution in [0.15, 0.2) is 12.7 Å². The van der Waals surface area contributed by atoms with E-state index in [9.17, 15) is 33.9 Å². The van der Waals surface area contributed by atoms with Gasteiger partial charge in [0, 0.05) is 5.41 Å². The molecule has 18 heteroatoms. The van der Waals surface area contributed by atoms with E-state index in [1.165, 1.54) is 54.5 Å². The summed E-state index contributed by atoms with van der Waals surface area (Å²) in [5, 5.41) is 10.5. The molecule has 0 aromatic heterocycles. The minimum Gasteiger partial charge on any atom is -0.464 e. The molecular formula is C37H59Br3O15. The van der Waals surface area contributed by atoms with Crippen molar-refractivity contribution in [2.24, 2.45) is 21.7 Å². The van der Waals surface area contributed by atoms with Crippen LogP contribution in [0.25, 0.3) is 0 Å². The SMILES string of the molecule is C=CCOCCOC(=O)C(C)(COC(=O)C(C)(COC(=O)C(C)(C)Br)COC(=O)C(C)(C)Br)COC(=O)C(C)(COC(=O)C(C)(C)Br)COC(O)C(C)(C)C. The van der Waals surface area contributed by atoms with Crippen molar-refractivity contribution < 1.29 is 71.8 Å². The second-order valence-electron chi connectivity index (χ2n) is 16.5. The van der Waals surface area contributed by atoms with Crippen LogP contribution >= 0.6 is 47.8 Å². The first-order valence-corrected chi connectivity index (χ1v) is 19.7. The Kier molecular flexibility index (Phi) is 20.8. The number of esters is 6. The van der Waals surface area contributed by atoms with Crippen LogP contribution in [0.2, 0.25) is 0 Å². The Hall–Kier alpha value is -2.12. The van der Waals surface area contributed by atoms with Crippen LogP contribution < -0.4 is 0 Å². The quantitative estimate of drug-likeness (QED) is 0.0324. The average Bonchev–Trinajstić information content (AvgIpc) is 3.06. The molecule has 1 N–H and O–H groups in total. The third-order valence-corrected chi connectivity index (χ3v) is 8.51. The predicted molar refractivity (Wildman–Crippen MR) is 212 cm³/mol. The summed E-state index contributed by atoms with van der Waals surface area (Å²) in [5.41, 5.74) is -6.05. The molecule has 0 aromatic rings. The molecule has 0 fully saturated rings. The molecule has 0 aromatic carbocycles. The minimum atomic E-state index is -1.85. The zero-order chi connectivity index (χ0) is 43.3. The zero-order valence-corrected chi connectivity index (χ0v) is 38.8. The van der Waals surface area contributed by atoms with Crippen molar-refractivity contribution in [3.63, 3.8) is 0 Å². The number of hydrogen-bond donors (Lipinski definition) is 1. The number of aliphatic hydroxyl groups excluding tert-OH is 1. The molecule has 3 unspecified atom stereocenters. The number of rotatable bonds is 24. The lowest BCUT2D eigenvalue weighted by molar-refractivity contribution is -0.198. The number of alkyl halides is 3. The second-order valence-corrected chi connectivity index (χ2v) is 22.5. The van der Waals surface area contributed by atoms with Crippen LogP contribution in [-0.2, 0) is 66.7 Å². The van der Waals surface area contributed by atoms with E-state index in [-0.39, 0.29) is 19.8 Å². The molecular weight excluding hydrogens is 924 g/mol. The fraction of sp³-hybridized carbons (Fsp3) is 0.784. The van der Waals surface area contributed by atoms with Gasteiger partial charge in [-0.15, -0.1) is 6.58 Å². The van der Waals surface area contributed by atoms with Gasteiger partial charge >= 0.3 is 35.8 Å². The zero-order valence-electron chi connectivity index (χ0n) is 34.0. The van der Waals surface area contributed by atoms with Crippen molar-refractivity contribution in [3.8, 4) is 0 Å². The second kappa shape index (κ2) is 21.6. The number of carbonyl (C=O) groups is 6. The Bertz CT molecular complexity index is 1310. The molecule has 15 nitrogen and oxygen atoms in total. The van der Waals surface area contributed by atoms with Crippen molar-refractivity contribution in [3.05, 3.63) is 12.7 Å². The lowest BCUT2D eigenvalue weighted by Crippen LogP contribution is -2.48. The number of carbonyl (C=O) groups excluding carboxylic acids is 6. The minimum absolute atomic E-state index is 0.00311. The third kappa shape index (κ3) is 18.8. The molecule has 0 rings (SSSR count). The Balaban J connectivity index is 6.52. The highest BCUT2D eigenvalue weighted by Crippen LogP contribution is 2.31. The van der Waals surface area contributed by atoms with Gasteiger partial charge in [-0.2, -0.15) is 0 Å². The van der Waals surface area contributed by atoms with Gasteiger partial charge in [0.25, 0.3) is 0 Å². The first-order chi connectivity index (χ1) is 24.7. The summed E-state index contributed by atoms with van der Waals surface area (Å²) in [6, 6.07) is 0. The fourth-order valence-corrected chi connectivity index (χ4v) is 3.86. The van der Waals surface area contributed by atoms with Gasteiger partial charge in [0.1, 0.15) is 68.9 Å². The molecule has 0 aliphatic rings. The summed E-state index contributed by atoms with van der Waals surface area (Å²) in [4.78, 5) is 78.8. The van der Waals surface area contributed by atoms with Gasteiger partial charge in [0.2, 0.25) is 0 Å². The monoisotopic (exact) mass is 980 g/mol. The van der Waals surface area contributed by atoms with Crippen LogP contribution in [0.5, 0.6) is 0 Å². The summed E-state index contributed by atoms with van der Waals surface area (Å²) in [5.74, 6) is -5.07. The van der Waals surface area contributed by atoms with E-state index in [4.69, 9.17) is 37.9 Å². The Morgan fingerprint density at radius 2 is 0.800 bits per heavy atom. The first kappa shape index (κ1) is 52.9. The van der Waals surface area contributed by atoms with Gasteiger partial charge in [-0.25, -0.2) is 0 Å². The van der Waals surface area contributed by atoms with Gasteiger partial charge < -0.3 is 43.0 Å². The van der Waals surface area contributed by atoms with Crippen molar-refractivity contribution in [1.82, 2.24) is 0 Å². The van der Waals surface area contributed by atoms with E-state index in [1.54, 1.807) is 34.6 Å². The lowest BCUT2D eigenvalue weighted by atomic mass is 9.90. The van der Waals surface area contributed by atoms with Gasteiger partial charge in [-0.1, -0.05) is 74.6 Å². The fourth-order valence-electron chi connectivity index (χ4n) is 3.51. The van der Waals surface area contributed by atoms with Crippen LogP contribution in [0.1, 0.15) is 83.1 Å². The topological polar surface area (TPSA) is 196 Å². The number of aliphatic hydroxyl groups is 1. The molecule has 0 spiro atoms. The molecule has 0 heterocycles. The van der Waals surface area contributed by atoms with Gasteiger partial charge in [0.15, 0.2) is 6.29 Å². The van der Waals surface area contributed by atoms with Crippen molar-refractivity contribution in [2.45, 2.75) is 102 Å². The molecule has 318 valence electrons. The molecule has 3 atom stereocenters. The molecule has 0 aliphatic carbocycles. The number of halogens is 3. The van der Waals surface area contributed by atoms with E-state index in [1.807, 2.05) is 0 Å². The predicted octanol–water partition coefficient (Wildman–Crippen LogP) is 5.37. The Morgan fingerprint density at radius 3 is 1.09 bits per heavy atom. The normalized spacial score (nSPS) is 15.3. The Labute approximate surface area is 349 Å². The van der Waals surface area contributed by atoms with Crippen LogP contribution in [0, 0.1) is 21.7 Å². The molecule has 55 heavy (non-hydrogen) atoms. The van der Waals surface area contributed by atoms with E-state index in [2.05, 4.69) is 54.4 Å². The average molecular weight is 984 g/mol. The smallest absolute Gasteiger partial charge is 0.322 e. The van der Waals surface area contributed by atoms with Crippen molar-refractivity contribution >= 4 is 83.6 Å². The maximum absolute atomic E-state index is 13.8. The largest absolute Gasteiger partial charge is 0.464 e. The standard InChI is InChI=1S/C37H59Br3O15/c1-14-15-48-16-17-49-28(45)35(11,22-54-29(46)36(12,18-50-24(41)31(2,3)4)19-51-25(42)32(5,6)38)23-55-30(47)37(13,20-52-26(43)33(7,8)39)21-53-27(44)34(9,10)40/h14,24,41H,1,15-23H2,2-13H3. The third-order valence-electron chi connectivity index (χ3n) is 7.54. The number of ether oxygens (including phenoxy) is 8. The summed E-state index contributed by atoms with van der Waals surface area (Å²) >= 11 is 9.62. The maximum Gasteiger partial charge on any atom is 0.322 e. The summed E-state index contributed by atoms with van der Waals surface area (Å²) < 4.78 is 40.4. The maximum atomic E-state index is 13.8. The Morgan fingerprint density at radius 1 is 0.509 bits per heavy atom. The number of hydrogen-bond acceptors (Lipinski definition) is 15. The van der Waals surface area contributed by atoms with Crippen molar-refractivity contribution in [2.75, 3.05) is 59.5 Å². The van der Waals surface area contributed by atoms with Gasteiger partial charge in [-0.05, 0) is 62.3 Å². The highest BCUT2D eigenvalue weighted by Gasteiger charge is 2.46. The van der Waals surface area contributed by atoms with Gasteiger partial charge in [-0.3, -0.25) is 28.8 Å². The molecule has 0 saturated heterocycles. The van der Waals surface area contributed by atoms with E-state index < -0.39 is 116 Å². The first-order valence-electron chi connectivity index (χ1n) is 17.3. The summed E-state index contributed by atoms with van der Waals surface area (Å²) in [7, 11) is 0. The van der Waals surface area contributed by atoms with E-state index >= 15 is 0 Å².